The van der Waals surface area contributed by atoms with E-state index in [0.29, 0.717) is 51.1 Å². The minimum absolute atomic E-state index is 0.109. The van der Waals surface area contributed by atoms with E-state index in [1.54, 1.807) is 0 Å². The van der Waals surface area contributed by atoms with E-state index >= 15 is 0 Å². The summed E-state index contributed by atoms with van der Waals surface area (Å²) in [5.41, 5.74) is 23.0. The molecule has 4 atom stereocenters. The van der Waals surface area contributed by atoms with Gasteiger partial charge in [-0.1, -0.05) is 168 Å². The fourth-order valence-corrected chi connectivity index (χ4v) is 11.2. The zero-order chi connectivity index (χ0) is 61.3. The fourth-order valence-electron chi connectivity index (χ4n) is 11.2. The fraction of sp³-hybridized carbons (Fsp3) is 0.914. The van der Waals surface area contributed by atoms with Crippen molar-refractivity contribution in [2.24, 2.45) is 34.8 Å². The van der Waals surface area contributed by atoms with Crippen molar-refractivity contribution < 1.29 is 9.59 Å². The first-order valence-electron chi connectivity index (χ1n) is 36.2. The van der Waals surface area contributed by atoms with Crippen LogP contribution in [-0.2, 0) is 9.59 Å². The number of nitrogens with one attached hydrogen (secondary N) is 6. The Morgan fingerprint density at radius 2 is 0.631 bits per heavy atom. The zero-order valence-corrected chi connectivity index (χ0v) is 56.2. The topological polar surface area (TPSA) is 217 Å². The quantitative estimate of drug-likeness (QED) is 0.0203. The number of nitrogens with zero attached hydrogens (tertiary/aromatic N) is 2. The molecular formula is C70H146N12O2. The summed E-state index contributed by atoms with van der Waals surface area (Å²) in [7, 11) is 0. The summed E-state index contributed by atoms with van der Waals surface area (Å²) in [5, 5.41) is 20.7. The molecule has 0 aromatic rings. The molecule has 0 aliphatic heterocycles. The van der Waals surface area contributed by atoms with E-state index in [4.69, 9.17) is 22.9 Å². The molecule has 0 aliphatic rings. The van der Waals surface area contributed by atoms with Crippen LogP contribution in [0.3, 0.4) is 0 Å². The van der Waals surface area contributed by atoms with Crippen molar-refractivity contribution in [2.45, 2.75) is 284 Å². The summed E-state index contributed by atoms with van der Waals surface area (Å²) >= 11 is 0. The molecule has 2 amide bonds. The third kappa shape index (κ3) is 57.7. The van der Waals surface area contributed by atoms with E-state index in [1.165, 1.54) is 180 Å². The molecule has 4 unspecified atom stereocenters. The Morgan fingerprint density at radius 3 is 0.952 bits per heavy atom. The smallest absolute Gasteiger partial charge is 0.237 e. The second-order valence-corrected chi connectivity index (χ2v) is 25.3. The molecule has 14 N–H and O–H groups in total. The zero-order valence-electron chi connectivity index (χ0n) is 56.2. The minimum atomic E-state index is -0.207. The van der Waals surface area contributed by atoms with Crippen molar-refractivity contribution in [2.75, 3.05) is 118 Å². The molecule has 0 heterocycles. The lowest BCUT2D eigenvalue weighted by atomic mass is 10.1. The van der Waals surface area contributed by atoms with Crippen molar-refractivity contribution in [1.29, 1.82) is 0 Å². The van der Waals surface area contributed by atoms with Crippen LogP contribution >= 0.6 is 0 Å². The first-order valence-corrected chi connectivity index (χ1v) is 36.2. The summed E-state index contributed by atoms with van der Waals surface area (Å²) in [5.74, 6) is 0.909. The standard InChI is InChI=1S/C70H146N12O2/c1-5-7-9-11-13-15-17-19-21-23-25-27-29-31-33-35-57-81(63-65(3)61-79-69(83)67(77-55-43-49-73)45-39-51-75-53-41-47-71)59-37-38-60-82(58-36-34-32-30-28-26-24-22-20-18-16-14-12-10-8-6-2)64-66(4)62-80-70(84)68(78-56-44-50-74)46-40-52-76-54-42-48-72/h19-22,65-68,75-78H,5-18,23-64,71-74H2,1-4H3,(H,79,83)(H,80,84)/b21-19-,22-20-. The van der Waals surface area contributed by atoms with Gasteiger partial charge < -0.3 is 64.6 Å². The molecule has 0 fully saturated rings. The number of hydrogen-bond acceptors (Lipinski definition) is 12. The van der Waals surface area contributed by atoms with Crippen molar-refractivity contribution >= 4 is 11.8 Å². The van der Waals surface area contributed by atoms with E-state index in [9.17, 15) is 9.59 Å². The number of rotatable bonds is 69. The van der Waals surface area contributed by atoms with Gasteiger partial charge in [0.25, 0.3) is 0 Å². The predicted molar refractivity (Wildman–Crippen MR) is 368 cm³/mol. The minimum Gasteiger partial charge on any atom is -0.354 e. The Labute approximate surface area is 521 Å². The number of nitrogens with two attached hydrogens (primary N) is 4. The van der Waals surface area contributed by atoms with Crippen LogP contribution in [-0.4, -0.2) is 152 Å². The van der Waals surface area contributed by atoms with Crippen LogP contribution in [0.4, 0.5) is 0 Å². The lowest BCUT2D eigenvalue weighted by Crippen LogP contribution is -2.47. The molecule has 84 heavy (non-hydrogen) atoms. The van der Waals surface area contributed by atoms with E-state index in [2.05, 4.69) is 93.7 Å². The van der Waals surface area contributed by atoms with Gasteiger partial charge in [-0.15, -0.1) is 0 Å². The lowest BCUT2D eigenvalue weighted by molar-refractivity contribution is -0.124. The largest absolute Gasteiger partial charge is 0.354 e. The third-order valence-corrected chi connectivity index (χ3v) is 16.5. The highest BCUT2D eigenvalue weighted by molar-refractivity contribution is 5.82. The van der Waals surface area contributed by atoms with Crippen LogP contribution in [0.2, 0.25) is 0 Å². The van der Waals surface area contributed by atoms with Crippen LogP contribution in [0.5, 0.6) is 0 Å². The predicted octanol–water partition coefficient (Wildman–Crippen LogP) is 12.0. The van der Waals surface area contributed by atoms with Crippen LogP contribution in [0, 0.1) is 11.8 Å². The van der Waals surface area contributed by atoms with Gasteiger partial charge in [0.05, 0.1) is 12.1 Å². The second kappa shape index (κ2) is 67.0. The summed E-state index contributed by atoms with van der Waals surface area (Å²) in [4.78, 5) is 32.7. The number of hydrogen-bond donors (Lipinski definition) is 10. The van der Waals surface area contributed by atoms with Gasteiger partial charge in [0.1, 0.15) is 0 Å². The molecule has 0 saturated carbocycles. The van der Waals surface area contributed by atoms with Crippen LogP contribution in [0.15, 0.2) is 24.3 Å². The molecule has 498 valence electrons. The van der Waals surface area contributed by atoms with Gasteiger partial charge in [-0.3, -0.25) is 9.59 Å². The average molecular weight is 1190 g/mol. The summed E-state index contributed by atoms with van der Waals surface area (Å²) in [6, 6.07) is -0.415. The highest BCUT2D eigenvalue weighted by Crippen LogP contribution is 2.15. The highest BCUT2D eigenvalue weighted by atomic mass is 16.2. The number of amides is 2. The van der Waals surface area contributed by atoms with Crippen LogP contribution in [0.25, 0.3) is 0 Å². The number of unbranched alkanes of at least 4 members (excludes halogenated alkanes) is 25. The van der Waals surface area contributed by atoms with Crippen molar-refractivity contribution in [3.05, 3.63) is 24.3 Å². The van der Waals surface area contributed by atoms with Crippen molar-refractivity contribution in [1.82, 2.24) is 41.7 Å². The monoisotopic (exact) mass is 1190 g/mol. The first-order chi connectivity index (χ1) is 41.3. The number of allylic oxidation sites excluding steroid dienone is 4. The maximum Gasteiger partial charge on any atom is 0.237 e. The van der Waals surface area contributed by atoms with E-state index in [-0.39, 0.29) is 23.9 Å². The van der Waals surface area contributed by atoms with Crippen LogP contribution < -0.4 is 54.8 Å². The highest BCUT2D eigenvalue weighted by Gasteiger charge is 2.21. The molecule has 0 aromatic heterocycles. The number of carbonyl (C=O) groups excluding carboxylic acids is 2. The van der Waals surface area contributed by atoms with Gasteiger partial charge in [0, 0.05) is 26.2 Å². The Bertz CT molecular complexity index is 1310. The Kier molecular flexibility index (Phi) is 65.4. The summed E-state index contributed by atoms with van der Waals surface area (Å²) in [6.07, 6.45) is 56.1. The van der Waals surface area contributed by atoms with E-state index < -0.39 is 0 Å². The van der Waals surface area contributed by atoms with Gasteiger partial charge in [-0.25, -0.2) is 0 Å². The molecule has 0 radical (unpaired) electrons. The van der Waals surface area contributed by atoms with Crippen molar-refractivity contribution in [3.63, 3.8) is 0 Å². The molecular weight excluding hydrogens is 1040 g/mol. The maximum absolute atomic E-state index is 13.6. The number of carbonyl (C=O) groups is 2. The Morgan fingerprint density at radius 1 is 0.357 bits per heavy atom. The summed E-state index contributed by atoms with van der Waals surface area (Å²) in [6.45, 7) is 24.7. The Balaban J connectivity index is 5.66. The first kappa shape index (κ1) is 82.0. The second-order valence-electron chi connectivity index (χ2n) is 25.3. The molecule has 14 nitrogen and oxygen atoms in total. The molecule has 0 bridgehead atoms. The molecule has 14 heteroatoms. The molecule has 0 aliphatic carbocycles. The van der Waals surface area contributed by atoms with Gasteiger partial charge in [0.2, 0.25) is 11.8 Å². The average Bonchev–Trinajstić information content (AvgIpc) is 3.50. The summed E-state index contributed by atoms with van der Waals surface area (Å²) < 4.78 is 0. The SMILES string of the molecule is CCCCCCCC/C=C\CCCCCCCCN(CCCCN(CCCCCCCC/C=C\CCCCCCCC)CC(C)CNC(=O)C(CCCNCCCN)NCCCN)CC(C)CNC(=O)C(CCCNCCCN)NCCCN. The van der Waals surface area contributed by atoms with Gasteiger partial charge >= 0.3 is 0 Å². The third-order valence-electron chi connectivity index (χ3n) is 16.5. The molecule has 0 saturated heterocycles. The van der Waals surface area contributed by atoms with Crippen molar-refractivity contribution in [3.8, 4) is 0 Å². The molecule has 0 aromatic carbocycles. The molecule has 0 rings (SSSR count). The van der Waals surface area contributed by atoms with Gasteiger partial charge in [-0.05, 0) is 232 Å². The normalized spacial score (nSPS) is 13.5. The molecule has 0 spiro atoms. The van der Waals surface area contributed by atoms with E-state index in [1.807, 2.05) is 0 Å². The maximum atomic E-state index is 13.6. The van der Waals surface area contributed by atoms with Gasteiger partial charge in [-0.2, -0.15) is 0 Å². The lowest BCUT2D eigenvalue weighted by Gasteiger charge is -2.29. The van der Waals surface area contributed by atoms with Gasteiger partial charge in [0.15, 0.2) is 0 Å². The Hall–Kier alpha value is -1.98. The van der Waals surface area contributed by atoms with Crippen LogP contribution in [0.1, 0.15) is 272 Å². The van der Waals surface area contributed by atoms with E-state index in [0.717, 1.165) is 143 Å².